The molecule has 1 atom stereocenters. The number of amides is 1. The van der Waals surface area contributed by atoms with Crippen molar-refractivity contribution < 1.29 is 17.9 Å². The lowest BCUT2D eigenvalue weighted by atomic mass is 10.0. The van der Waals surface area contributed by atoms with E-state index in [9.17, 15) is 13.2 Å². The third-order valence-corrected chi connectivity index (χ3v) is 5.71. The molecule has 0 aromatic heterocycles. The van der Waals surface area contributed by atoms with Crippen molar-refractivity contribution >= 4 is 21.6 Å². The highest BCUT2D eigenvalue weighted by atomic mass is 32.2. The zero-order valence-electron chi connectivity index (χ0n) is 16.7. The molecule has 28 heavy (non-hydrogen) atoms. The summed E-state index contributed by atoms with van der Waals surface area (Å²) < 4.78 is 32.9. The fourth-order valence-corrected chi connectivity index (χ4v) is 3.75. The lowest BCUT2D eigenvalue weighted by molar-refractivity contribution is 0.0937. The Kier molecular flexibility index (Phi) is 7.45. The van der Waals surface area contributed by atoms with Gasteiger partial charge in [-0.25, -0.2) is 8.42 Å². The Morgan fingerprint density at radius 3 is 2.25 bits per heavy atom. The molecule has 0 heterocycles. The number of sulfonamides is 1. The van der Waals surface area contributed by atoms with Crippen molar-refractivity contribution in [1.29, 1.82) is 0 Å². The van der Waals surface area contributed by atoms with Gasteiger partial charge in [-0.05, 0) is 62.1 Å². The molecule has 0 aliphatic heterocycles. The molecule has 0 fully saturated rings. The van der Waals surface area contributed by atoms with E-state index < -0.39 is 10.0 Å². The van der Waals surface area contributed by atoms with Crippen molar-refractivity contribution in [3.05, 3.63) is 54.1 Å². The molecule has 1 unspecified atom stereocenters. The first-order chi connectivity index (χ1) is 13.2. The summed E-state index contributed by atoms with van der Waals surface area (Å²) >= 11 is 0. The van der Waals surface area contributed by atoms with Crippen molar-refractivity contribution in [1.82, 2.24) is 5.32 Å². The molecular weight excluding hydrogens is 376 g/mol. The van der Waals surface area contributed by atoms with E-state index in [0.717, 1.165) is 12.8 Å². The van der Waals surface area contributed by atoms with Crippen LogP contribution in [0.25, 0.3) is 0 Å². The topological polar surface area (TPSA) is 84.5 Å². The first-order valence-corrected chi connectivity index (χ1v) is 10.8. The van der Waals surface area contributed by atoms with E-state index in [1.54, 1.807) is 24.3 Å². The van der Waals surface area contributed by atoms with Gasteiger partial charge in [-0.2, -0.15) is 0 Å². The largest absolute Gasteiger partial charge is 0.495 e. The van der Waals surface area contributed by atoms with E-state index in [1.165, 1.54) is 31.4 Å². The van der Waals surface area contributed by atoms with E-state index in [2.05, 4.69) is 23.9 Å². The summed E-state index contributed by atoms with van der Waals surface area (Å²) in [6, 6.07) is 12.7. The summed E-state index contributed by atoms with van der Waals surface area (Å²) in [7, 11) is -2.32. The number of ether oxygens (including phenoxy) is 1. The van der Waals surface area contributed by atoms with Crippen molar-refractivity contribution in [2.24, 2.45) is 5.92 Å². The second kappa shape index (κ2) is 9.59. The van der Waals surface area contributed by atoms with Crippen LogP contribution in [-0.4, -0.2) is 27.5 Å². The summed E-state index contributed by atoms with van der Waals surface area (Å²) in [6.07, 6.45) is 1.94. The molecule has 2 aromatic carbocycles. The Morgan fingerprint density at radius 2 is 1.64 bits per heavy atom. The van der Waals surface area contributed by atoms with E-state index in [1.807, 2.05) is 6.92 Å². The van der Waals surface area contributed by atoms with Gasteiger partial charge in [-0.15, -0.1) is 0 Å². The number of carbonyl (C=O) groups is 1. The molecule has 0 aliphatic carbocycles. The van der Waals surface area contributed by atoms with Crippen molar-refractivity contribution in [2.45, 2.75) is 44.6 Å². The molecule has 6 nitrogen and oxygen atoms in total. The number of rotatable bonds is 9. The Bertz CT molecular complexity index is 893. The number of para-hydroxylation sites is 2. The maximum absolute atomic E-state index is 12.6. The normalized spacial score (nSPS) is 12.5. The van der Waals surface area contributed by atoms with Crippen LogP contribution in [0.4, 0.5) is 5.69 Å². The Labute approximate surface area is 167 Å². The number of hydrogen-bond donors (Lipinski definition) is 2. The number of anilines is 1. The average molecular weight is 405 g/mol. The molecule has 2 N–H and O–H groups in total. The molecule has 0 saturated heterocycles. The minimum atomic E-state index is -3.79. The third-order valence-electron chi connectivity index (χ3n) is 4.33. The molecule has 0 aliphatic rings. The second-order valence-corrected chi connectivity index (χ2v) is 8.86. The SMILES string of the molecule is COc1ccccc1NS(=O)(=O)c1ccc(C(=O)NC(C)CCC(C)C)cc1. The summed E-state index contributed by atoms with van der Waals surface area (Å²) in [4.78, 5) is 12.4. The molecule has 0 spiro atoms. The van der Waals surface area contributed by atoms with Gasteiger partial charge in [0.25, 0.3) is 15.9 Å². The van der Waals surface area contributed by atoms with Gasteiger partial charge in [0, 0.05) is 11.6 Å². The highest BCUT2D eigenvalue weighted by Crippen LogP contribution is 2.26. The molecule has 2 rings (SSSR count). The molecule has 1 amide bonds. The lowest BCUT2D eigenvalue weighted by Gasteiger charge is -2.15. The molecule has 152 valence electrons. The highest BCUT2D eigenvalue weighted by Gasteiger charge is 2.17. The van der Waals surface area contributed by atoms with Gasteiger partial charge in [0.05, 0.1) is 17.7 Å². The van der Waals surface area contributed by atoms with Crippen LogP contribution in [-0.2, 0) is 10.0 Å². The third kappa shape index (κ3) is 5.99. The van der Waals surface area contributed by atoms with Crippen molar-refractivity contribution in [3.63, 3.8) is 0 Å². The smallest absolute Gasteiger partial charge is 0.262 e. The van der Waals surface area contributed by atoms with Gasteiger partial charge in [0.1, 0.15) is 5.75 Å². The van der Waals surface area contributed by atoms with Crippen LogP contribution in [0.3, 0.4) is 0 Å². The van der Waals surface area contributed by atoms with Crippen LogP contribution >= 0.6 is 0 Å². The van der Waals surface area contributed by atoms with Crippen LogP contribution in [0.2, 0.25) is 0 Å². The second-order valence-electron chi connectivity index (χ2n) is 7.18. The Hall–Kier alpha value is -2.54. The van der Waals surface area contributed by atoms with E-state index in [-0.39, 0.29) is 16.8 Å². The molecular formula is C21H28N2O4S. The van der Waals surface area contributed by atoms with Gasteiger partial charge in [-0.1, -0.05) is 26.0 Å². The van der Waals surface area contributed by atoms with Gasteiger partial charge in [0.15, 0.2) is 0 Å². The van der Waals surface area contributed by atoms with Crippen molar-refractivity contribution in [2.75, 3.05) is 11.8 Å². The molecule has 7 heteroatoms. The van der Waals surface area contributed by atoms with Gasteiger partial charge >= 0.3 is 0 Å². The van der Waals surface area contributed by atoms with Gasteiger partial charge < -0.3 is 10.1 Å². The van der Waals surface area contributed by atoms with Crippen LogP contribution in [0, 0.1) is 5.92 Å². The standard InChI is InChI=1S/C21H28N2O4S/c1-15(2)9-10-16(3)22-21(24)17-11-13-18(14-12-17)28(25,26)23-19-7-5-6-8-20(19)27-4/h5-8,11-16,23H,9-10H2,1-4H3,(H,22,24). The van der Waals surface area contributed by atoms with Gasteiger partial charge in [0.2, 0.25) is 0 Å². The summed E-state index contributed by atoms with van der Waals surface area (Å²) in [6.45, 7) is 6.26. The summed E-state index contributed by atoms with van der Waals surface area (Å²) in [5.41, 5.74) is 0.776. The monoisotopic (exact) mass is 404 g/mol. The molecule has 2 aromatic rings. The molecule has 0 bridgehead atoms. The number of carbonyl (C=O) groups excluding carboxylic acids is 1. The first-order valence-electron chi connectivity index (χ1n) is 9.29. The van der Waals surface area contributed by atoms with E-state index >= 15 is 0 Å². The molecule has 0 radical (unpaired) electrons. The molecule has 0 saturated carbocycles. The first kappa shape index (κ1) is 21.8. The summed E-state index contributed by atoms with van der Waals surface area (Å²) in [5, 5.41) is 2.94. The summed E-state index contributed by atoms with van der Waals surface area (Å²) in [5.74, 6) is 0.801. The maximum Gasteiger partial charge on any atom is 0.262 e. The van der Waals surface area contributed by atoms with Crippen LogP contribution in [0.15, 0.2) is 53.4 Å². The predicted octanol–water partition coefficient (Wildman–Crippen LogP) is 4.05. The zero-order chi connectivity index (χ0) is 20.7. The fourth-order valence-electron chi connectivity index (χ4n) is 2.68. The fraction of sp³-hybridized carbons (Fsp3) is 0.381. The highest BCUT2D eigenvalue weighted by molar-refractivity contribution is 7.92. The van der Waals surface area contributed by atoms with Crippen molar-refractivity contribution in [3.8, 4) is 5.75 Å². The van der Waals surface area contributed by atoms with E-state index in [0.29, 0.717) is 22.9 Å². The maximum atomic E-state index is 12.6. The Balaban J connectivity index is 2.07. The van der Waals surface area contributed by atoms with Crippen LogP contribution < -0.4 is 14.8 Å². The zero-order valence-corrected chi connectivity index (χ0v) is 17.5. The number of nitrogens with one attached hydrogen (secondary N) is 2. The predicted molar refractivity (Wildman–Crippen MR) is 111 cm³/mol. The average Bonchev–Trinajstić information content (AvgIpc) is 2.66. The van der Waals surface area contributed by atoms with E-state index in [4.69, 9.17) is 4.74 Å². The number of methoxy groups -OCH3 is 1. The van der Waals surface area contributed by atoms with Gasteiger partial charge in [-0.3, -0.25) is 9.52 Å². The minimum absolute atomic E-state index is 0.0607. The minimum Gasteiger partial charge on any atom is -0.495 e. The lowest BCUT2D eigenvalue weighted by Crippen LogP contribution is -2.32. The Morgan fingerprint density at radius 1 is 1.00 bits per heavy atom. The van der Waals surface area contributed by atoms with Crippen LogP contribution in [0.1, 0.15) is 44.0 Å². The quantitative estimate of drug-likeness (QED) is 0.660. The number of benzene rings is 2. The van der Waals surface area contributed by atoms with Crippen LogP contribution in [0.5, 0.6) is 5.75 Å². The number of hydrogen-bond acceptors (Lipinski definition) is 4.